The van der Waals surface area contributed by atoms with Crippen molar-refractivity contribution in [2.24, 2.45) is 0 Å². The molecule has 0 radical (unpaired) electrons. The van der Waals surface area contributed by atoms with Crippen molar-refractivity contribution < 1.29 is 9.53 Å². The number of amides is 1. The Kier molecular flexibility index (Phi) is 3.83. The molecule has 0 unspecified atom stereocenters. The highest BCUT2D eigenvalue weighted by Crippen LogP contribution is 2.49. The fourth-order valence-corrected chi connectivity index (χ4v) is 5.02. The quantitative estimate of drug-likeness (QED) is 0.659. The molecule has 0 saturated carbocycles. The Labute approximate surface area is 152 Å². The second-order valence-corrected chi connectivity index (χ2v) is 9.10. The zero-order valence-electron chi connectivity index (χ0n) is 14.6. The summed E-state index contributed by atoms with van der Waals surface area (Å²) in [5.41, 5.74) is 3.89. The molecule has 1 aromatic carbocycles. The van der Waals surface area contributed by atoms with Crippen LogP contribution in [0.15, 0.2) is 16.6 Å². The number of rotatable bonds is 0. The lowest BCUT2D eigenvalue weighted by Crippen LogP contribution is -2.49. The molecule has 0 aromatic heterocycles. The van der Waals surface area contributed by atoms with Gasteiger partial charge < -0.3 is 14.5 Å². The molecule has 5 heteroatoms. The first-order valence-electron chi connectivity index (χ1n) is 8.90. The molecule has 1 fully saturated rings. The number of hydrogen-bond donors (Lipinski definition) is 0. The van der Waals surface area contributed by atoms with Gasteiger partial charge >= 0.3 is 6.09 Å². The highest BCUT2D eigenvalue weighted by atomic mass is 79.9. The lowest BCUT2D eigenvalue weighted by atomic mass is 9.89. The molecule has 0 bridgehead atoms. The van der Waals surface area contributed by atoms with Crippen LogP contribution in [0.3, 0.4) is 0 Å². The van der Waals surface area contributed by atoms with Crippen LogP contribution in [-0.4, -0.2) is 42.3 Å². The number of halogens is 1. The maximum Gasteiger partial charge on any atom is 0.410 e. The fraction of sp³-hybridized carbons (Fsp3) is 0.632. The van der Waals surface area contributed by atoms with E-state index in [9.17, 15) is 4.79 Å². The Hall–Kier alpha value is -1.23. The molecule has 2 atom stereocenters. The minimum atomic E-state index is -0.438. The Morgan fingerprint density at radius 3 is 2.83 bits per heavy atom. The van der Waals surface area contributed by atoms with E-state index in [0.717, 1.165) is 36.9 Å². The molecule has 4 rings (SSSR count). The summed E-state index contributed by atoms with van der Waals surface area (Å²) in [4.78, 5) is 17.0. The number of ether oxygens (including phenoxy) is 1. The van der Waals surface area contributed by atoms with Gasteiger partial charge in [0, 0.05) is 41.8 Å². The van der Waals surface area contributed by atoms with Gasteiger partial charge in [0.25, 0.3) is 0 Å². The summed E-state index contributed by atoms with van der Waals surface area (Å²) in [5.74, 6) is 0.399. The zero-order valence-corrected chi connectivity index (χ0v) is 16.2. The van der Waals surface area contributed by atoms with Gasteiger partial charge in [0.05, 0.1) is 0 Å². The molecule has 1 amide bonds. The number of likely N-dealkylation sites (tertiary alicyclic amines) is 1. The van der Waals surface area contributed by atoms with E-state index in [-0.39, 0.29) is 6.09 Å². The average molecular weight is 393 g/mol. The summed E-state index contributed by atoms with van der Waals surface area (Å²) in [6, 6.07) is 5.07. The third-order valence-corrected chi connectivity index (χ3v) is 5.80. The van der Waals surface area contributed by atoms with Crippen molar-refractivity contribution in [1.82, 2.24) is 4.90 Å². The van der Waals surface area contributed by atoms with Crippen molar-refractivity contribution in [3.63, 3.8) is 0 Å². The number of carbonyl (C=O) groups is 1. The summed E-state index contributed by atoms with van der Waals surface area (Å²) in [5, 5.41) is 0. The topological polar surface area (TPSA) is 32.8 Å². The summed E-state index contributed by atoms with van der Waals surface area (Å²) in [6.07, 6.45) is 3.23. The molecule has 24 heavy (non-hydrogen) atoms. The van der Waals surface area contributed by atoms with E-state index in [4.69, 9.17) is 4.74 Å². The van der Waals surface area contributed by atoms with E-state index in [1.54, 1.807) is 0 Å². The van der Waals surface area contributed by atoms with Crippen molar-refractivity contribution in [1.29, 1.82) is 0 Å². The van der Waals surface area contributed by atoms with Crippen LogP contribution in [0, 0.1) is 0 Å². The van der Waals surface area contributed by atoms with Crippen molar-refractivity contribution in [3.05, 3.63) is 27.7 Å². The summed E-state index contributed by atoms with van der Waals surface area (Å²) in [6.45, 7) is 8.48. The van der Waals surface area contributed by atoms with Crippen molar-refractivity contribution in [2.75, 3.05) is 24.5 Å². The minimum Gasteiger partial charge on any atom is -0.444 e. The van der Waals surface area contributed by atoms with Crippen molar-refractivity contribution in [3.8, 4) is 0 Å². The van der Waals surface area contributed by atoms with Gasteiger partial charge in [-0.25, -0.2) is 4.79 Å². The largest absolute Gasteiger partial charge is 0.444 e. The third kappa shape index (κ3) is 2.71. The smallest absolute Gasteiger partial charge is 0.410 e. The molecule has 0 aliphatic carbocycles. The predicted molar refractivity (Wildman–Crippen MR) is 98.8 cm³/mol. The molecule has 0 N–H and O–H groups in total. The van der Waals surface area contributed by atoms with Crippen LogP contribution in [0.4, 0.5) is 10.5 Å². The lowest BCUT2D eigenvalue weighted by molar-refractivity contribution is 0.0189. The molecule has 1 saturated heterocycles. The predicted octanol–water partition coefficient (Wildman–Crippen LogP) is 4.31. The van der Waals surface area contributed by atoms with Gasteiger partial charge in [-0.3, -0.25) is 0 Å². The average Bonchev–Trinajstić information content (AvgIpc) is 2.81. The van der Waals surface area contributed by atoms with E-state index in [2.05, 4.69) is 33.0 Å². The molecule has 3 aliphatic rings. The Balaban J connectivity index is 1.62. The first kappa shape index (κ1) is 16.2. The van der Waals surface area contributed by atoms with E-state index in [1.165, 1.54) is 23.2 Å². The Bertz CT molecular complexity index is 683. The number of carbonyl (C=O) groups excluding carboxylic acids is 1. The molecule has 3 heterocycles. The Morgan fingerprint density at radius 2 is 2.08 bits per heavy atom. The van der Waals surface area contributed by atoms with Gasteiger partial charge in [-0.1, -0.05) is 15.9 Å². The SMILES string of the molecule is CC(C)(C)OC(=O)N1CC[C@H]2[C@@H](C1)c1cc(Br)cc3c1N2CCC3. The van der Waals surface area contributed by atoms with E-state index >= 15 is 0 Å². The van der Waals surface area contributed by atoms with Gasteiger partial charge in [-0.15, -0.1) is 0 Å². The van der Waals surface area contributed by atoms with Gasteiger partial charge in [-0.05, 0) is 63.3 Å². The van der Waals surface area contributed by atoms with Gasteiger partial charge in [0.1, 0.15) is 5.60 Å². The molecule has 130 valence electrons. The minimum absolute atomic E-state index is 0.175. The zero-order chi connectivity index (χ0) is 17.1. The monoisotopic (exact) mass is 392 g/mol. The normalized spacial score (nSPS) is 25.3. The highest BCUT2D eigenvalue weighted by Gasteiger charge is 2.45. The third-order valence-electron chi connectivity index (χ3n) is 5.34. The van der Waals surface area contributed by atoms with Crippen molar-refractivity contribution >= 4 is 27.7 Å². The molecule has 4 nitrogen and oxygen atoms in total. The second kappa shape index (κ2) is 5.65. The molecule has 0 spiro atoms. The maximum atomic E-state index is 12.5. The number of nitrogens with zero attached hydrogens (tertiary/aromatic N) is 2. The number of aryl methyl sites for hydroxylation is 1. The summed E-state index contributed by atoms with van der Waals surface area (Å²) in [7, 11) is 0. The maximum absolute atomic E-state index is 12.5. The number of fused-ring (bicyclic) bond motifs is 3. The van der Waals surface area contributed by atoms with Crippen molar-refractivity contribution in [2.45, 2.75) is 57.6 Å². The van der Waals surface area contributed by atoms with Crippen LogP contribution in [-0.2, 0) is 11.2 Å². The first-order valence-corrected chi connectivity index (χ1v) is 9.70. The van der Waals surface area contributed by atoms with E-state index < -0.39 is 5.60 Å². The highest BCUT2D eigenvalue weighted by molar-refractivity contribution is 9.10. The van der Waals surface area contributed by atoms with Crippen LogP contribution < -0.4 is 4.90 Å². The van der Waals surface area contributed by atoms with E-state index in [1.807, 2.05) is 25.7 Å². The molecular formula is C19H25BrN2O2. The van der Waals surface area contributed by atoms with Crippen LogP contribution >= 0.6 is 15.9 Å². The number of anilines is 1. The first-order chi connectivity index (χ1) is 11.3. The van der Waals surface area contributed by atoms with Crippen LogP contribution in [0.2, 0.25) is 0 Å². The summed E-state index contributed by atoms with van der Waals surface area (Å²) < 4.78 is 6.75. The van der Waals surface area contributed by atoms with Crippen LogP contribution in [0.5, 0.6) is 0 Å². The Morgan fingerprint density at radius 1 is 1.29 bits per heavy atom. The number of benzene rings is 1. The van der Waals surface area contributed by atoms with Gasteiger partial charge in [-0.2, -0.15) is 0 Å². The molecule has 3 aliphatic heterocycles. The lowest BCUT2D eigenvalue weighted by Gasteiger charge is -2.40. The van der Waals surface area contributed by atoms with Crippen LogP contribution in [0.1, 0.15) is 50.7 Å². The number of hydrogen-bond acceptors (Lipinski definition) is 3. The molecule has 1 aromatic rings. The fourth-order valence-electron chi connectivity index (χ4n) is 4.50. The van der Waals surface area contributed by atoms with E-state index in [0.29, 0.717) is 12.0 Å². The number of piperidine rings is 1. The second-order valence-electron chi connectivity index (χ2n) is 8.19. The van der Waals surface area contributed by atoms with Gasteiger partial charge in [0.2, 0.25) is 0 Å². The van der Waals surface area contributed by atoms with Gasteiger partial charge in [0.15, 0.2) is 0 Å². The van der Waals surface area contributed by atoms with Crippen LogP contribution in [0.25, 0.3) is 0 Å². The summed E-state index contributed by atoms with van der Waals surface area (Å²) >= 11 is 3.68. The molecular weight excluding hydrogens is 368 g/mol. The standard InChI is InChI=1S/C19H25BrN2O2/c1-19(2,3)24-18(23)21-8-6-16-15(11-21)14-10-13(20)9-12-5-4-7-22(16)17(12)14/h9-10,15-16H,4-8,11H2,1-3H3/t15-,16-/m0/s1.